The van der Waals surface area contributed by atoms with Crippen LogP contribution in [0.3, 0.4) is 0 Å². The van der Waals surface area contributed by atoms with Crippen LogP contribution in [0.5, 0.6) is 0 Å². The Morgan fingerprint density at radius 2 is 1.81 bits per heavy atom. The Balaban J connectivity index is 1.51. The minimum Gasteiger partial charge on any atom is -0.318 e. The molecule has 8 heteroatoms. The Bertz CT molecular complexity index is 963. The highest BCUT2D eigenvalue weighted by Crippen LogP contribution is 2.16. The van der Waals surface area contributed by atoms with Crippen LogP contribution in [0.25, 0.3) is 11.0 Å². The highest BCUT2D eigenvalue weighted by Gasteiger charge is 2.14. The number of nitrogens with zero attached hydrogens (tertiary/aromatic N) is 2. The summed E-state index contributed by atoms with van der Waals surface area (Å²) in [5.41, 5.74) is 6.46. The fourth-order valence-electron chi connectivity index (χ4n) is 2.74. The van der Waals surface area contributed by atoms with E-state index in [4.69, 9.17) is 0 Å². The van der Waals surface area contributed by atoms with Crippen molar-refractivity contribution in [2.24, 2.45) is 0 Å². The van der Waals surface area contributed by atoms with Crippen LogP contribution in [-0.4, -0.2) is 27.1 Å². The molecule has 0 bridgehead atoms. The summed E-state index contributed by atoms with van der Waals surface area (Å²) in [7, 11) is 0. The smallest absolute Gasteiger partial charge is 0.258 e. The molecule has 0 radical (unpaired) electrons. The molecule has 0 saturated carbocycles. The van der Waals surface area contributed by atoms with E-state index < -0.39 is 5.91 Å². The Morgan fingerprint density at radius 1 is 1.04 bits per heavy atom. The van der Waals surface area contributed by atoms with Crippen LogP contribution < -0.4 is 10.9 Å². The van der Waals surface area contributed by atoms with Gasteiger partial charge in [-0.3, -0.25) is 25.2 Å². The molecule has 0 unspecified atom stereocenters. The molecule has 140 valence electrons. The van der Waals surface area contributed by atoms with Crippen molar-refractivity contribution >= 4 is 40.0 Å². The van der Waals surface area contributed by atoms with Gasteiger partial charge in [0.1, 0.15) is 12.4 Å². The van der Waals surface area contributed by atoms with Gasteiger partial charge in [-0.15, -0.1) is 11.3 Å². The lowest BCUT2D eigenvalue weighted by Crippen LogP contribution is -2.43. The Hall–Kier alpha value is -3.00. The number of aryl methyl sites for hydroxylation is 1. The first-order valence-corrected chi connectivity index (χ1v) is 9.55. The molecule has 2 amide bonds. The van der Waals surface area contributed by atoms with E-state index in [-0.39, 0.29) is 31.1 Å². The Labute approximate surface area is 160 Å². The van der Waals surface area contributed by atoms with Gasteiger partial charge in [0.2, 0.25) is 5.91 Å². The number of para-hydroxylation sites is 2. The summed E-state index contributed by atoms with van der Waals surface area (Å²) in [5.74, 6) is -0.0339. The quantitative estimate of drug-likeness (QED) is 0.483. The lowest BCUT2D eigenvalue weighted by Gasteiger charge is -2.10. The largest absolute Gasteiger partial charge is 0.318 e. The number of hydrogen-bond acceptors (Lipinski definition) is 5. The first-order valence-electron chi connectivity index (χ1n) is 8.67. The molecule has 3 aromatic rings. The molecule has 0 atom stereocenters. The summed E-state index contributed by atoms with van der Waals surface area (Å²) in [6.07, 6.45) is 0.818. The van der Waals surface area contributed by atoms with E-state index in [9.17, 15) is 14.4 Å². The normalized spacial score (nSPS) is 10.7. The van der Waals surface area contributed by atoms with E-state index in [0.717, 1.165) is 16.9 Å². The van der Waals surface area contributed by atoms with Gasteiger partial charge < -0.3 is 4.57 Å². The standard InChI is InChI=1S/C19H20N4O3S/c1-2-17-20-13-6-3-4-7-14(13)23(17)12-19(26)22-21-18(25)10-9-15(24)16-8-5-11-27-16/h3-8,11H,2,9-10,12H2,1H3,(H,21,25)(H,22,26). The van der Waals surface area contributed by atoms with Gasteiger partial charge in [-0.25, -0.2) is 4.98 Å². The van der Waals surface area contributed by atoms with Crippen molar-refractivity contribution in [2.75, 3.05) is 0 Å². The molecular formula is C19H20N4O3S. The minimum atomic E-state index is -0.403. The maximum absolute atomic E-state index is 12.2. The van der Waals surface area contributed by atoms with Crippen LogP contribution in [0.2, 0.25) is 0 Å². The van der Waals surface area contributed by atoms with E-state index in [2.05, 4.69) is 15.8 Å². The number of hydrogen-bond donors (Lipinski definition) is 2. The van der Waals surface area contributed by atoms with Crippen molar-refractivity contribution in [2.45, 2.75) is 32.7 Å². The fourth-order valence-corrected chi connectivity index (χ4v) is 3.44. The number of nitrogens with one attached hydrogen (secondary N) is 2. The second-order valence-corrected chi connectivity index (χ2v) is 6.90. The highest BCUT2D eigenvalue weighted by molar-refractivity contribution is 7.12. The number of hydrazine groups is 1. The molecule has 1 aromatic carbocycles. The van der Waals surface area contributed by atoms with Crippen molar-refractivity contribution in [3.05, 3.63) is 52.5 Å². The number of thiophene rings is 1. The van der Waals surface area contributed by atoms with Crippen LogP contribution in [-0.2, 0) is 22.6 Å². The summed E-state index contributed by atoms with van der Waals surface area (Å²) in [4.78, 5) is 41.1. The highest BCUT2D eigenvalue weighted by atomic mass is 32.1. The molecule has 27 heavy (non-hydrogen) atoms. The predicted octanol–water partition coefficient (Wildman–Crippen LogP) is 2.47. The number of benzene rings is 1. The molecule has 0 aliphatic carbocycles. The molecule has 2 aromatic heterocycles. The first-order chi connectivity index (χ1) is 13.1. The van der Waals surface area contributed by atoms with Gasteiger partial charge >= 0.3 is 0 Å². The third-order valence-corrected chi connectivity index (χ3v) is 4.98. The van der Waals surface area contributed by atoms with Crippen LogP contribution in [0.15, 0.2) is 41.8 Å². The first kappa shape index (κ1) is 18.8. The number of rotatable bonds is 7. The third kappa shape index (κ3) is 4.59. The van der Waals surface area contributed by atoms with Gasteiger partial charge in [-0.05, 0) is 23.6 Å². The van der Waals surface area contributed by atoms with Crippen LogP contribution in [0, 0.1) is 0 Å². The molecule has 3 rings (SSSR count). The fraction of sp³-hybridized carbons (Fsp3) is 0.263. The number of carbonyl (C=O) groups is 3. The maximum atomic E-state index is 12.2. The zero-order valence-corrected chi connectivity index (χ0v) is 15.7. The Morgan fingerprint density at radius 3 is 2.56 bits per heavy atom. The zero-order valence-electron chi connectivity index (χ0n) is 14.9. The van der Waals surface area contributed by atoms with Gasteiger partial charge in [0.25, 0.3) is 5.91 Å². The molecule has 0 spiro atoms. The van der Waals surface area contributed by atoms with Crippen LogP contribution in [0.4, 0.5) is 0 Å². The number of aromatic nitrogens is 2. The second-order valence-electron chi connectivity index (χ2n) is 5.95. The van der Waals surface area contributed by atoms with Gasteiger partial charge in [-0.2, -0.15) is 0 Å². The lowest BCUT2D eigenvalue weighted by molar-refractivity contribution is -0.129. The monoisotopic (exact) mass is 384 g/mol. The molecule has 2 heterocycles. The van der Waals surface area contributed by atoms with Gasteiger partial charge in [0, 0.05) is 19.3 Å². The van der Waals surface area contributed by atoms with Crippen molar-refractivity contribution < 1.29 is 14.4 Å². The van der Waals surface area contributed by atoms with Crippen LogP contribution in [0.1, 0.15) is 35.3 Å². The van der Waals surface area contributed by atoms with Gasteiger partial charge in [0.05, 0.1) is 15.9 Å². The molecule has 0 aliphatic rings. The SMILES string of the molecule is CCc1nc2ccccc2n1CC(=O)NNC(=O)CCC(=O)c1cccs1. The van der Waals surface area contributed by atoms with Gasteiger partial charge in [-0.1, -0.05) is 25.1 Å². The van der Waals surface area contributed by atoms with Gasteiger partial charge in [0.15, 0.2) is 5.78 Å². The van der Waals surface area contributed by atoms with E-state index in [1.54, 1.807) is 12.1 Å². The third-order valence-electron chi connectivity index (χ3n) is 4.07. The molecule has 0 fully saturated rings. The van der Waals surface area contributed by atoms with Crippen molar-refractivity contribution in [1.82, 2.24) is 20.4 Å². The number of ketones is 1. The van der Waals surface area contributed by atoms with E-state index >= 15 is 0 Å². The van der Waals surface area contributed by atoms with Crippen molar-refractivity contribution in [1.29, 1.82) is 0 Å². The van der Waals surface area contributed by atoms with Crippen molar-refractivity contribution in [3.63, 3.8) is 0 Å². The average Bonchev–Trinajstić information content (AvgIpc) is 3.33. The predicted molar refractivity (Wildman–Crippen MR) is 103 cm³/mol. The van der Waals surface area contributed by atoms with Crippen LogP contribution >= 0.6 is 11.3 Å². The summed E-state index contributed by atoms with van der Waals surface area (Å²) < 4.78 is 1.83. The number of fused-ring (bicyclic) bond motifs is 1. The average molecular weight is 384 g/mol. The zero-order chi connectivity index (χ0) is 19.2. The summed E-state index contributed by atoms with van der Waals surface area (Å²) in [6, 6.07) is 11.1. The number of carbonyl (C=O) groups excluding carboxylic acids is 3. The lowest BCUT2D eigenvalue weighted by atomic mass is 10.2. The number of Topliss-reactive ketones (excluding diaryl/α,β-unsaturated/α-hetero) is 1. The number of amides is 2. The molecular weight excluding hydrogens is 364 g/mol. The molecule has 0 saturated heterocycles. The summed E-state index contributed by atoms with van der Waals surface area (Å²) >= 11 is 1.35. The van der Waals surface area contributed by atoms with E-state index in [0.29, 0.717) is 11.3 Å². The Kier molecular flexibility index (Phi) is 5.97. The second kappa shape index (κ2) is 8.59. The minimum absolute atomic E-state index is 0.0191. The van der Waals surface area contributed by atoms with E-state index in [1.165, 1.54) is 11.3 Å². The molecule has 2 N–H and O–H groups in total. The summed E-state index contributed by atoms with van der Waals surface area (Å²) in [6.45, 7) is 2.03. The topological polar surface area (TPSA) is 93.1 Å². The number of imidazole rings is 1. The summed E-state index contributed by atoms with van der Waals surface area (Å²) in [5, 5.41) is 1.82. The van der Waals surface area contributed by atoms with Crippen molar-refractivity contribution in [3.8, 4) is 0 Å². The van der Waals surface area contributed by atoms with E-state index in [1.807, 2.05) is 41.1 Å². The molecule has 0 aliphatic heterocycles. The maximum Gasteiger partial charge on any atom is 0.258 e. The molecule has 7 nitrogen and oxygen atoms in total.